The van der Waals surface area contributed by atoms with Crippen molar-refractivity contribution in [1.29, 1.82) is 0 Å². The molecule has 2 fully saturated rings. The van der Waals surface area contributed by atoms with Crippen LogP contribution in [0.2, 0.25) is 0 Å². The van der Waals surface area contributed by atoms with Crippen molar-refractivity contribution in [2.75, 3.05) is 19.7 Å². The van der Waals surface area contributed by atoms with Gasteiger partial charge in [-0.1, -0.05) is 61.7 Å². The van der Waals surface area contributed by atoms with Crippen molar-refractivity contribution in [1.82, 2.24) is 14.8 Å². The quantitative estimate of drug-likeness (QED) is 0.200. The van der Waals surface area contributed by atoms with E-state index in [1.54, 1.807) is 29.2 Å². The number of amides is 2. The molecule has 1 saturated heterocycles. The minimum Gasteiger partial charge on any atom is -0.491 e. The van der Waals surface area contributed by atoms with E-state index < -0.39 is 11.5 Å². The van der Waals surface area contributed by atoms with Crippen LogP contribution in [0, 0.1) is 0 Å². The minimum atomic E-state index is -1.14. The number of carboxylic acid groups (broad SMARTS) is 1. The lowest BCUT2D eigenvalue weighted by molar-refractivity contribution is -0.134. The van der Waals surface area contributed by atoms with Gasteiger partial charge in [0.05, 0.1) is 12.2 Å². The number of hydrogen-bond acceptors (Lipinski definition) is 5. The van der Waals surface area contributed by atoms with Gasteiger partial charge in [0, 0.05) is 54.5 Å². The number of carboxylic acids is 1. The van der Waals surface area contributed by atoms with Crippen LogP contribution in [0.25, 0.3) is 28.2 Å². The molecule has 2 N–H and O–H groups in total. The molecule has 0 spiro atoms. The number of likely N-dealkylation sites (tertiary alicyclic amines) is 1. The number of fused-ring (bicyclic) bond motifs is 5. The highest BCUT2D eigenvalue weighted by Crippen LogP contribution is 2.47. The second-order valence-electron chi connectivity index (χ2n) is 13.9. The topological polar surface area (TPSA) is 118 Å². The smallest absolute Gasteiger partial charge is 0.328 e. The molecule has 9 heteroatoms. The summed E-state index contributed by atoms with van der Waals surface area (Å²) in [4.78, 5) is 53.2. The number of hydrogen-bond donors (Lipinski definition) is 2. The Bertz CT molecular complexity index is 1980. The molecule has 3 aliphatic rings. The molecule has 0 unspecified atom stereocenters. The Morgan fingerprint density at radius 1 is 0.940 bits per heavy atom. The van der Waals surface area contributed by atoms with Crippen LogP contribution < -0.4 is 10.1 Å². The van der Waals surface area contributed by atoms with Crippen LogP contribution in [-0.4, -0.2) is 63.4 Å². The molecule has 2 aliphatic heterocycles. The number of nitrogens with zero attached hydrogens (tertiary/aromatic N) is 2. The minimum absolute atomic E-state index is 0.0546. The van der Waals surface area contributed by atoms with Gasteiger partial charge in [0.15, 0.2) is 5.78 Å². The van der Waals surface area contributed by atoms with Gasteiger partial charge in [-0.3, -0.25) is 14.4 Å². The van der Waals surface area contributed by atoms with Gasteiger partial charge in [-0.2, -0.15) is 0 Å². The van der Waals surface area contributed by atoms with Crippen molar-refractivity contribution in [3.8, 4) is 17.0 Å². The lowest BCUT2D eigenvalue weighted by Gasteiger charge is -2.41. The summed E-state index contributed by atoms with van der Waals surface area (Å²) < 4.78 is 8.53. The summed E-state index contributed by atoms with van der Waals surface area (Å²) in [6.45, 7) is 3.45. The highest BCUT2D eigenvalue weighted by Gasteiger charge is 2.43. The number of carbonyl (C=O) groups excluding carboxylic acids is 3. The first-order valence-electron chi connectivity index (χ1n) is 17.7. The third-order valence-corrected chi connectivity index (χ3v) is 10.8. The van der Waals surface area contributed by atoms with Crippen LogP contribution in [0.4, 0.5) is 0 Å². The maximum Gasteiger partial charge on any atom is 0.328 e. The van der Waals surface area contributed by atoms with Gasteiger partial charge < -0.3 is 24.6 Å². The predicted octanol–water partition coefficient (Wildman–Crippen LogP) is 6.77. The standard InChI is InChI=1S/C41H43N3O6/c1-27(45)43-21-19-41(20-22-43,36(46)25-29-13-11-28(12-14-29)15-18-37(47)48)42-40(49)31-16-17-32-34(26-31)44-23-24-50-35-10-6-5-9-33(35)39(44)38(32)30-7-3-2-4-8-30/h5-6,9-18,26,30H,2-4,7-8,19-25H2,1H3,(H,42,49)(H,47,48)/b18-15+. The molecule has 1 aromatic heterocycles. The van der Waals surface area contributed by atoms with E-state index in [-0.39, 0.29) is 24.0 Å². The van der Waals surface area contributed by atoms with Crippen LogP contribution in [0.1, 0.15) is 84.8 Å². The lowest BCUT2D eigenvalue weighted by Crippen LogP contribution is -2.61. The summed E-state index contributed by atoms with van der Waals surface area (Å²) in [6.07, 6.45) is 9.25. The van der Waals surface area contributed by atoms with E-state index in [0.717, 1.165) is 41.3 Å². The number of nitrogens with one attached hydrogen (secondary N) is 1. The second kappa shape index (κ2) is 14.0. The number of piperidine rings is 1. The first kappa shape index (κ1) is 33.3. The summed E-state index contributed by atoms with van der Waals surface area (Å²) in [5.74, 6) is -0.203. The number of para-hydroxylation sites is 1. The van der Waals surface area contributed by atoms with Gasteiger partial charge in [-0.15, -0.1) is 0 Å². The Balaban J connectivity index is 1.22. The highest BCUT2D eigenvalue weighted by molar-refractivity contribution is 6.04. The molecular formula is C41H43N3O6. The zero-order valence-corrected chi connectivity index (χ0v) is 28.5. The number of carbonyl (C=O) groups is 4. The Labute approximate surface area is 291 Å². The SMILES string of the molecule is CC(=O)N1CCC(NC(=O)c2ccc3c(C4CCCCC4)c4n(c3c2)CCOc2ccccc2-4)(C(=O)Cc2ccc(/C=C/C(=O)O)cc2)CC1. The maximum atomic E-state index is 14.2. The fraction of sp³-hybridized carbons (Fsp3) is 0.366. The van der Waals surface area contributed by atoms with Crippen LogP contribution in [0.3, 0.4) is 0 Å². The zero-order chi connectivity index (χ0) is 34.8. The molecule has 3 aromatic carbocycles. The molecule has 7 rings (SSSR count). The largest absolute Gasteiger partial charge is 0.491 e. The summed E-state index contributed by atoms with van der Waals surface area (Å²) in [5, 5.41) is 13.3. The normalized spacial score (nSPS) is 17.4. The van der Waals surface area contributed by atoms with Crippen molar-refractivity contribution in [3.05, 3.63) is 95.1 Å². The van der Waals surface area contributed by atoms with Crippen molar-refractivity contribution < 1.29 is 29.0 Å². The highest BCUT2D eigenvalue weighted by atomic mass is 16.5. The van der Waals surface area contributed by atoms with Crippen LogP contribution in [0.15, 0.2) is 72.8 Å². The lowest BCUT2D eigenvalue weighted by atomic mass is 9.80. The summed E-state index contributed by atoms with van der Waals surface area (Å²) in [5.41, 5.74) is 5.43. The first-order chi connectivity index (χ1) is 24.2. The number of ether oxygens (including phenoxy) is 1. The van der Waals surface area contributed by atoms with Gasteiger partial charge in [0.1, 0.15) is 17.9 Å². The predicted molar refractivity (Wildman–Crippen MR) is 192 cm³/mol. The van der Waals surface area contributed by atoms with Crippen molar-refractivity contribution >= 4 is 40.5 Å². The Morgan fingerprint density at radius 2 is 1.68 bits per heavy atom. The molecule has 0 radical (unpaired) electrons. The average Bonchev–Trinajstić information content (AvgIpc) is 3.32. The van der Waals surface area contributed by atoms with Crippen LogP contribution in [-0.2, 0) is 27.3 Å². The van der Waals surface area contributed by atoms with E-state index in [2.05, 4.69) is 28.1 Å². The summed E-state index contributed by atoms with van der Waals surface area (Å²) in [7, 11) is 0. The third kappa shape index (κ3) is 6.56. The summed E-state index contributed by atoms with van der Waals surface area (Å²) >= 11 is 0. The number of aromatic nitrogens is 1. The zero-order valence-electron chi connectivity index (χ0n) is 28.5. The molecule has 1 saturated carbocycles. The molecular weight excluding hydrogens is 630 g/mol. The number of aliphatic carboxylic acids is 1. The number of benzene rings is 3. The molecule has 258 valence electrons. The van der Waals surface area contributed by atoms with E-state index in [1.807, 2.05) is 24.3 Å². The fourth-order valence-corrected chi connectivity index (χ4v) is 8.11. The number of Topliss-reactive ketones (excluding diaryl/α,β-unsaturated/α-hetero) is 1. The Kier molecular flexibility index (Phi) is 9.31. The number of rotatable bonds is 8. The monoisotopic (exact) mass is 673 g/mol. The van der Waals surface area contributed by atoms with Crippen LogP contribution >= 0.6 is 0 Å². The van der Waals surface area contributed by atoms with Crippen LogP contribution in [0.5, 0.6) is 5.75 Å². The van der Waals surface area contributed by atoms with Gasteiger partial charge >= 0.3 is 5.97 Å². The first-order valence-corrected chi connectivity index (χ1v) is 17.7. The fourth-order valence-electron chi connectivity index (χ4n) is 8.11. The van der Waals surface area contributed by atoms with E-state index in [0.29, 0.717) is 56.1 Å². The number of ketones is 1. The Morgan fingerprint density at radius 3 is 2.40 bits per heavy atom. The summed E-state index contributed by atoms with van der Waals surface area (Å²) in [6, 6.07) is 21.3. The van der Waals surface area contributed by atoms with E-state index >= 15 is 0 Å². The van der Waals surface area contributed by atoms with E-state index in [4.69, 9.17) is 9.84 Å². The molecule has 0 bridgehead atoms. The van der Waals surface area contributed by atoms with Gasteiger partial charge in [0.25, 0.3) is 5.91 Å². The third-order valence-electron chi connectivity index (χ3n) is 10.8. The van der Waals surface area contributed by atoms with Gasteiger partial charge in [0.2, 0.25) is 5.91 Å². The van der Waals surface area contributed by atoms with E-state index in [9.17, 15) is 19.2 Å². The molecule has 50 heavy (non-hydrogen) atoms. The molecule has 0 atom stereocenters. The molecule has 1 aliphatic carbocycles. The van der Waals surface area contributed by atoms with Crippen molar-refractivity contribution in [3.63, 3.8) is 0 Å². The van der Waals surface area contributed by atoms with Crippen molar-refractivity contribution in [2.24, 2.45) is 0 Å². The maximum absolute atomic E-state index is 14.2. The average molecular weight is 674 g/mol. The molecule has 2 amide bonds. The van der Waals surface area contributed by atoms with Gasteiger partial charge in [-0.25, -0.2) is 4.79 Å². The van der Waals surface area contributed by atoms with Gasteiger partial charge in [-0.05, 0) is 78.6 Å². The molecule has 9 nitrogen and oxygen atoms in total. The Hall–Kier alpha value is -5.18. The molecule has 4 aromatic rings. The molecule has 3 heterocycles. The van der Waals surface area contributed by atoms with E-state index in [1.165, 1.54) is 48.9 Å². The second-order valence-corrected chi connectivity index (χ2v) is 13.9. The van der Waals surface area contributed by atoms with Crippen molar-refractivity contribution in [2.45, 2.75) is 76.3 Å².